The van der Waals surface area contributed by atoms with Crippen LogP contribution in [-0.2, 0) is 11.3 Å². The summed E-state index contributed by atoms with van der Waals surface area (Å²) in [6.07, 6.45) is 2.41. The van der Waals surface area contributed by atoms with E-state index in [9.17, 15) is 0 Å². The molecule has 0 saturated heterocycles. The number of rotatable bonds is 11. The van der Waals surface area contributed by atoms with Crippen LogP contribution in [0.15, 0.2) is 30.3 Å². The largest absolute Gasteiger partial charge is 0.383 e. The Morgan fingerprint density at radius 1 is 1.10 bits per heavy atom. The molecule has 0 aliphatic carbocycles. The van der Waals surface area contributed by atoms with E-state index in [-0.39, 0.29) is 0 Å². The fraction of sp³-hybridized carbons (Fsp3) is 0.647. The van der Waals surface area contributed by atoms with E-state index in [1.54, 1.807) is 7.11 Å². The second-order valence-electron chi connectivity index (χ2n) is 5.16. The maximum atomic E-state index is 5.23. The maximum absolute atomic E-state index is 5.23. The van der Waals surface area contributed by atoms with E-state index in [1.807, 2.05) is 0 Å². The van der Waals surface area contributed by atoms with E-state index < -0.39 is 0 Å². The number of nitrogens with zero attached hydrogens (tertiary/aromatic N) is 1. The lowest BCUT2D eigenvalue weighted by Gasteiger charge is -2.30. The van der Waals surface area contributed by atoms with Gasteiger partial charge in [0.2, 0.25) is 0 Å². The summed E-state index contributed by atoms with van der Waals surface area (Å²) in [4.78, 5) is 2.54. The number of benzene rings is 1. The molecule has 3 heteroatoms. The van der Waals surface area contributed by atoms with Gasteiger partial charge in [-0.05, 0) is 18.4 Å². The summed E-state index contributed by atoms with van der Waals surface area (Å²) in [7, 11) is 1.78. The van der Waals surface area contributed by atoms with Crippen molar-refractivity contribution in [3.05, 3.63) is 35.9 Å². The van der Waals surface area contributed by atoms with Crippen molar-refractivity contribution in [3.63, 3.8) is 0 Å². The molecule has 114 valence electrons. The van der Waals surface area contributed by atoms with Gasteiger partial charge in [0.05, 0.1) is 6.61 Å². The van der Waals surface area contributed by atoms with Gasteiger partial charge >= 0.3 is 0 Å². The molecular formula is C17H30N2O. The first-order valence-corrected chi connectivity index (χ1v) is 7.79. The van der Waals surface area contributed by atoms with E-state index in [0.29, 0.717) is 6.04 Å². The topological polar surface area (TPSA) is 24.5 Å². The van der Waals surface area contributed by atoms with E-state index in [4.69, 9.17) is 4.74 Å². The molecule has 1 N–H and O–H groups in total. The van der Waals surface area contributed by atoms with Crippen LogP contribution in [0.1, 0.15) is 32.3 Å². The molecule has 0 unspecified atom stereocenters. The zero-order valence-corrected chi connectivity index (χ0v) is 13.3. The number of nitrogens with one attached hydrogen (secondary N) is 1. The molecule has 0 atom stereocenters. The third-order valence-corrected chi connectivity index (χ3v) is 3.79. The average molecular weight is 278 g/mol. The van der Waals surface area contributed by atoms with Crippen molar-refractivity contribution in [1.82, 2.24) is 10.2 Å². The summed E-state index contributed by atoms with van der Waals surface area (Å²) >= 11 is 0. The Kier molecular flexibility index (Phi) is 9.29. The van der Waals surface area contributed by atoms with Crippen molar-refractivity contribution < 1.29 is 4.74 Å². The average Bonchev–Trinajstić information content (AvgIpc) is 2.50. The summed E-state index contributed by atoms with van der Waals surface area (Å²) in [5.41, 5.74) is 1.35. The Morgan fingerprint density at radius 3 is 2.40 bits per heavy atom. The number of ether oxygens (including phenoxy) is 1. The molecule has 20 heavy (non-hydrogen) atoms. The molecule has 0 spiro atoms. The molecule has 0 aromatic heterocycles. The Labute approximate surface area is 124 Å². The lowest BCUT2D eigenvalue weighted by atomic mass is 10.1. The first-order chi connectivity index (χ1) is 9.81. The highest BCUT2D eigenvalue weighted by Gasteiger charge is 2.13. The molecule has 0 bridgehead atoms. The highest BCUT2D eigenvalue weighted by Crippen LogP contribution is 2.07. The van der Waals surface area contributed by atoms with Gasteiger partial charge in [-0.15, -0.1) is 0 Å². The normalized spacial score (nSPS) is 11.4. The van der Waals surface area contributed by atoms with Gasteiger partial charge in [0, 0.05) is 39.3 Å². The molecule has 0 fully saturated rings. The molecule has 0 saturated carbocycles. The highest BCUT2D eigenvalue weighted by molar-refractivity contribution is 5.14. The Morgan fingerprint density at radius 2 is 1.80 bits per heavy atom. The van der Waals surface area contributed by atoms with Crippen molar-refractivity contribution in [1.29, 1.82) is 0 Å². The lowest BCUT2D eigenvalue weighted by Crippen LogP contribution is -2.41. The van der Waals surface area contributed by atoms with Crippen molar-refractivity contribution in [2.24, 2.45) is 0 Å². The van der Waals surface area contributed by atoms with Crippen LogP contribution >= 0.6 is 0 Å². The van der Waals surface area contributed by atoms with E-state index in [0.717, 1.165) is 32.8 Å². The maximum Gasteiger partial charge on any atom is 0.0589 e. The highest BCUT2D eigenvalue weighted by atomic mass is 16.5. The van der Waals surface area contributed by atoms with Crippen molar-refractivity contribution in [2.75, 3.05) is 33.4 Å². The first kappa shape index (κ1) is 17.2. The summed E-state index contributed by atoms with van der Waals surface area (Å²) < 4.78 is 5.23. The van der Waals surface area contributed by atoms with Crippen LogP contribution in [-0.4, -0.2) is 44.3 Å². The zero-order chi connectivity index (χ0) is 14.6. The van der Waals surface area contributed by atoms with E-state index in [2.05, 4.69) is 54.4 Å². The number of hydrogen-bond donors (Lipinski definition) is 1. The van der Waals surface area contributed by atoms with Crippen molar-refractivity contribution in [3.8, 4) is 0 Å². The molecule has 1 aromatic carbocycles. The van der Waals surface area contributed by atoms with Crippen LogP contribution in [0.5, 0.6) is 0 Å². The smallest absolute Gasteiger partial charge is 0.0589 e. The SMILES string of the molecule is CCC(CC)N(CCNCc1ccccc1)CCOC. The predicted octanol–water partition coefficient (Wildman–Crippen LogP) is 2.91. The van der Waals surface area contributed by atoms with Crippen LogP contribution in [0.2, 0.25) is 0 Å². The lowest BCUT2D eigenvalue weighted by molar-refractivity contribution is 0.116. The Balaban J connectivity index is 2.30. The van der Waals surface area contributed by atoms with Gasteiger partial charge in [0.1, 0.15) is 0 Å². The van der Waals surface area contributed by atoms with Crippen LogP contribution in [0.25, 0.3) is 0 Å². The second-order valence-corrected chi connectivity index (χ2v) is 5.16. The first-order valence-electron chi connectivity index (χ1n) is 7.79. The van der Waals surface area contributed by atoms with Crippen LogP contribution in [0.3, 0.4) is 0 Å². The van der Waals surface area contributed by atoms with Gasteiger partial charge in [0.25, 0.3) is 0 Å². The van der Waals surface area contributed by atoms with Crippen LogP contribution in [0, 0.1) is 0 Å². The van der Waals surface area contributed by atoms with E-state index in [1.165, 1.54) is 18.4 Å². The second kappa shape index (κ2) is 10.8. The van der Waals surface area contributed by atoms with Gasteiger partial charge in [0.15, 0.2) is 0 Å². The third kappa shape index (κ3) is 6.51. The van der Waals surface area contributed by atoms with Crippen LogP contribution in [0.4, 0.5) is 0 Å². The fourth-order valence-corrected chi connectivity index (χ4v) is 2.54. The van der Waals surface area contributed by atoms with Gasteiger partial charge in [-0.25, -0.2) is 0 Å². The van der Waals surface area contributed by atoms with Gasteiger partial charge in [-0.2, -0.15) is 0 Å². The minimum atomic E-state index is 0.670. The fourth-order valence-electron chi connectivity index (χ4n) is 2.54. The molecular weight excluding hydrogens is 248 g/mol. The Bertz CT molecular complexity index is 325. The van der Waals surface area contributed by atoms with Crippen LogP contribution < -0.4 is 5.32 Å². The molecule has 0 amide bonds. The predicted molar refractivity (Wildman–Crippen MR) is 86.0 cm³/mol. The van der Waals surface area contributed by atoms with Gasteiger partial charge < -0.3 is 10.1 Å². The molecule has 1 aromatic rings. The molecule has 0 aliphatic rings. The molecule has 0 heterocycles. The zero-order valence-electron chi connectivity index (χ0n) is 13.3. The molecule has 1 rings (SSSR count). The monoisotopic (exact) mass is 278 g/mol. The summed E-state index contributed by atoms with van der Waals surface area (Å²) in [5, 5.41) is 3.53. The molecule has 0 radical (unpaired) electrons. The summed E-state index contributed by atoms with van der Waals surface area (Å²) in [6, 6.07) is 11.2. The van der Waals surface area contributed by atoms with E-state index >= 15 is 0 Å². The van der Waals surface area contributed by atoms with Crippen molar-refractivity contribution >= 4 is 0 Å². The minimum absolute atomic E-state index is 0.670. The Hall–Kier alpha value is -0.900. The van der Waals surface area contributed by atoms with Gasteiger partial charge in [-0.1, -0.05) is 44.2 Å². The standard InChI is InChI=1S/C17H30N2O/c1-4-17(5-2)19(13-14-20-3)12-11-18-15-16-9-7-6-8-10-16/h6-10,17-18H,4-5,11-15H2,1-3H3. The quantitative estimate of drug-likeness (QED) is 0.630. The summed E-state index contributed by atoms with van der Waals surface area (Å²) in [6.45, 7) is 9.43. The van der Waals surface area contributed by atoms with Gasteiger partial charge in [-0.3, -0.25) is 4.90 Å². The third-order valence-electron chi connectivity index (χ3n) is 3.79. The number of hydrogen-bond acceptors (Lipinski definition) is 3. The minimum Gasteiger partial charge on any atom is -0.383 e. The number of methoxy groups -OCH3 is 1. The molecule has 0 aliphatic heterocycles. The molecule has 3 nitrogen and oxygen atoms in total. The summed E-state index contributed by atoms with van der Waals surface area (Å²) in [5.74, 6) is 0. The van der Waals surface area contributed by atoms with Crippen molar-refractivity contribution in [2.45, 2.75) is 39.3 Å².